The molecule has 30 heavy (non-hydrogen) atoms. The molecule has 0 unspecified atom stereocenters. The van der Waals surface area contributed by atoms with Gasteiger partial charge in [-0.3, -0.25) is 9.59 Å². The Morgan fingerprint density at radius 1 is 1.17 bits per heavy atom. The number of fused-ring (bicyclic) bond motifs is 1. The fourth-order valence-corrected chi connectivity index (χ4v) is 3.68. The molecule has 10 heteroatoms. The number of nitrogens with zero attached hydrogens (tertiary/aromatic N) is 1. The zero-order chi connectivity index (χ0) is 21.8. The lowest BCUT2D eigenvalue weighted by Crippen LogP contribution is -2.20. The topological polar surface area (TPSA) is 117 Å². The van der Waals surface area contributed by atoms with Gasteiger partial charge >= 0.3 is 11.6 Å². The highest BCUT2D eigenvalue weighted by Crippen LogP contribution is 2.33. The first-order chi connectivity index (χ1) is 14.4. The van der Waals surface area contributed by atoms with Gasteiger partial charge in [-0.05, 0) is 12.5 Å². The number of ether oxygens (including phenoxy) is 3. The van der Waals surface area contributed by atoms with E-state index in [1.165, 1.54) is 32.7 Å². The van der Waals surface area contributed by atoms with Gasteiger partial charge < -0.3 is 23.9 Å². The second-order valence-corrected chi connectivity index (χ2v) is 7.18. The van der Waals surface area contributed by atoms with Crippen LogP contribution in [0.2, 0.25) is 0 Å². The normalized spacial score (nSPS) is 10.7. The van der Waals surface area contributed by atoms with Crippen molar-refractivity contribution in [1.29, 1.82) is 0 Å². The van der Waals surface area contributed by atoms with Crippen molar-refractivity contribution in [2.45, 2.75) is 19.8 Å². The number of anilines is 1. The lowest BCUT2D eigenvalue weighted by atomic mass is 10.0. The summed E-state index contributed by atoms with van der Waals surface area (Å²) in [6.45, 7) is 1.73. The first-order valence-corrected chi connectivity index (χ1v) is 9.73. The molecule has 0 fully saturated rings. The van der Waals surface area contributed by atoms with Crippen molar-refractivity contribution in [1.82, 2.24) is 4.98 Å². The SMILES string of the molecule is COC(=O)Cc1csc(NC(=O)Cc2c(C)c3c(OC)cc(OC)cc3oc2=O)n1. The Kier molecular flexibility index (Phi) is 6.36. The zero-order valence-corrected chi connectivity index (χ0v) is 17.7. The molecule has 0 spiro atoms. The lowest BCUT2D eigenvalue weighted by Gasteiger charge is -2.12. The molecule has 158 valence electrons. The maximum absolute atomic E-state index is 12.5. The molecule has 2 heterocycles. The highest BCUT2D eigenvalue weighted by atomic mass is 32.1. The summed E-state index contributed by atoms with van der Waals surface area (Å²) in [7, 11) is 4.29. The molecule has 1 amide bonds. The van der Waals surface area contributed by atoms with E-state index in [0.29, 0.717) is 38.9 Å². The molecule has 1 aromatic carbocycles. The average molecular weight is 432 g/mol. The molecule has 0 saturated carbocycles. The van der Waals surface area contributed by atoms with Crippen LogP contribution < -0.4 is 20.4 Å². The molecular formula is C20H20N2O7S. The van der Waals surface area contributed by atoms with Gasteiger partial charge in [-0.1, -0.05) is 0 Å². The van der Waals surface area contributed by atoms with Gasteiger partial charge in [0.2, 0.25) is 5.91 Å². The van der Waals surface area contributed by atoms with Crippen LogP contribution in [0.3, 0.4) is 0 Å². The minimum atomic E-state index is -0.615. The van der Waals surface area contributed by atoms with Crippen LogP contribution in [0.4, 0.5) is 5.13 Å². The van der Waals surface area contributed by atoms with Crippen LogP contribution in [0.15, 0.2) is 26.7 Å². The Morgan fingerprint density at radius 2 is 1.93 bits per heavy atom. The van der Waals surface area contributed by atoms with E-state index >= 15 is 0 Å². The second kappa shape index (κ2) is 8.95. The molecule has 0 radical (unpaired) electrons. The average Bonchev–Trinajstić information content (AvgIpc) is 3.16. The number of nitrogens with one attached hydrogen (secondary N) is 1. The summed E-state index contributed by atoms with van der Waals surface area (Å²) in [6, 6.07) is 3.27. The first kappa shape index (κ1) is 21.3. The second-order valence-electron chi connectivity index (χ2n) is 6.32. The van der Waals surface area contributed by atoms with Crippen LogP contribution in [0, 0.1) is 6.92 Å². The fourth-order valence-electron chi connectivity index (χ4n) is 2.95. The van der Waals surface area contributed by atoms with Gasteiger partial charge in [0.25, 0.3) is 0 Å². The van der Waals surface area contributed by atoms with Crippen LogP contribution in [0.1, 0.15) is 16.8 Å². The molecule has 0 aliphatic rings. The summed E-state index contributed by atoms with van der Waals surface area (Å²) < 4.78 is 20.6. The quantitative estimate of drug-likeness (QED) is 0.447. The summed E-state index contributed by atoms with van der Waals surface area (Å²) in [6.07, 6.45) is -0.190. The zero-order valence-electron chi connectivity index (χ0n) is 16.9. The maximum Gasteiger partial charge on any atom is 0.340 e. The van der Waals surface area contributed by atoms with Gasteiger partial charge in [0.1, 0.15) is 17.1 Å². The van der Waals surface area contributed by atoms with Crippen molar-refractivity contribution in [3.63, 3.8) is 0 Å². The molecule has 3 aromatic rings. The van der Waals surface area contributed by atoms with Crippen molar-refractivity contribution in [2.24, 2.45) is 0 Å². The number of benzene rings is 1. The fraction of sp³-hybridized carbons (Fsp3) is 0.300. The summed E-state index contributed by atoms with van der Waals surface area (Å²) >= 11 is 1.18. The third kappa shape index (κ3) is 4.43. The van der Waals surface area contributed by atoms with E-state index in [1.54, 1.807) is 24.4 Å². The monoisotopic (exact) mass is 432 g/mol. The Balaban J connectivity index is 1.86. The van der Waals surface area contributed by atoms with Crippen LogP contribution >= 0.6 is 11.3 Å². The summed E-state index contributed by atoms with van der Waals surface area (Å²) in [5, 5.41) is 5.21. The molecule has 2 aromatic heterocycles. The molecule has 3 rings (SSSR count). The predicted molar refractivity (Wildman–Crippen MR) is 110 cm³/mol. The van der Waals surface area contributed by atoms with Gasteiger partial charge in [0.15, 0.2) is 5.13 Å². The van der Waals surface area contributed by atoms with Crippen LogP contribution in [-0.4, -0.2) is 38.2 Å². The van der Waals surface area contributed by atoms with Crippen molar-refractivity contribution in [3.05, 3.63) is 44.8 Å². The van der Waals surface area contributed by atoms with E-state index in [2.05, 4.69) is 15.0 Å². The lowest BCUT2D eigenvalue weighted by molar-refractivity contribution is -0.139. The summed E-state index contributed by atoms with van der Waals surface area (Å²) in [5.41, 5.74) is 0.986. The molecule has 0 saturated heterocycles. The van der Waals surface area contributed by atoms with Crippen LogP contribution in [0.5, 0.6) is 11.5 Å². The third-order valence-corrected chi connectivity index (χ3v) is 5.27. The number of rotatable bonds is 7. The Labute approximate surface area is 175 Å². The van der Waals surface area contributed by atoms with Gasteiger partial charge in [0, 0.05) is 17.5 Å². The van der Waals surface area contributed by atoms with Crippen LogP contribution in [-0.2, 0) is 27.2 Å². The highest BCUT2D eigenvalue weighted by Gasteiger charge is 2.19. The molecule has 0 atom stereocenters. The molecule has 0 bridgehead atoms. The van der Waals surface area contributed by atoms with Gasteiger partial charge in [-0.25, -0.2) is 9.78 Å². The van der Waals surface area contributed by atoms with Crippen molar-refractivity contribution >= 4 is 39.3 Å². The summed E-state index contributed by atoms with van der Waals surface area (Å²) in [5.74, 6) is 0.0999. The molecular weight excluding hydrogens is 412 g/mol. The van der Waals surface area contributed by atoms with Gasteiger partial charge in [0.05, 0.1) is 50.8 Å². The largest absolute Gasteiger partial charge is 0.496 e. The number of amides is 1. The van der Waals surface area contributed by atoms with E-state index in [4.69, 9.17) is 13.9 Å². The standard InChI is InChI=1S/C20H20N2O7S/c1-10-13(8-16(23)22-20-21-11(9-30-20)5-17(24)28-4)19(25)29-15-7-12(26-2)6-14(27-3)18(10)15/h6-7,9H,5,8H2,1-4H3,(H,21,22,23). The number of aryl methyl sites for hydroxylation is 1. The number of esters is 1. The highest BCUT2D eigenvalue weighted by molar-refractivity contribution is 7.13. The minimum absolute atomic E-state index is 0.0134. The van der Waals surface area contributed by atoms with Crippen LogP contribution in [0.25, 0.3) is 11.0 Å². The Morgan fingerprint density at radius 3 is 2.60 bits per heavy atom. The smallest absolute Gasteiger partial charge is 0.340 e. The van der Waals surface area contributed by atoms with Crippen molar-refractivity contribution < 1.29 is 28.2 Å². The summed E-state index contributed by atoms with van der Waals surface area (Å²) in [4.78, 5) is 40.5. The van der Waals surface area contributed by atoms with E-state index in [1.807, 2.05) is 0 Å². The maximum atomic E-state index is 12.5. The number of methoxy groups -OCH3 is 3. The first-order valence-electron chi connectivity index (χ1n) is 8.85. The molecule has 0 aliphatic heterocycles. The minimum Gasteiger partial charge on any atom is -0.496 e. The number of carbonyl (C=O) groups is 2. The molecule has 9 nitrogen and oxygen atoms in total. The number of thiazole rings is 1. The Hall–Kier alpha value is -3.40. The van der Waals surface area contributed by atoms with Gasteiger partial charge in [-0.2, -0.15) is 0 Å². The molecule has 0 aliphatic carbocycles. The van der Waals surface area contributed by atoms with Gasteiger partial charge in [-0.15, -0.1) is 11.3 Å². The predicted octanol–water partition coefficient (Wildman–Crippen LogP) is 2.47. The number of aromatic nitrogens is 1. The van der Waals surface area contributed by atoms with E-state index in [9.17, 15) is 14.4 Å². The van der Waals surface area contributed by atoms with E-state index < -0.39 is 17.5 Å². The third-order valence-electron chi connectivity index (χ3n) is 4.46. The number of hydrogen-bond acceptors (Lipinski definition) is 9. The number of hydrogen-bond donors (Lipinski definition) is 1. The molecule has 1 N–H and O–H groups in total. The van der Waals surface area contributed by atoms with Crippen molar-refractivity contribution in [2.75, 3.05) is 26.6 Å². The Bertz CT molecular complexity index is 1170. The van der Waals surface area contributed by atoms with Crippen molar-refractivity contribution in [3.8, 4) is 11.5 Å². The number of carbonyl (C=O) groups excluding carboxylic acids is 2. The van der Waals surface area contributed by atoms with E-state index in [-0.39, 0.29) is 18.4 Å². The van der Waals surface area contributed by atoms with E-state index in [0.717, 1.165) is 0 Å².